The first-order valence-corrected chi connectivity index (χ1v) is 5.57. The molecule has 82 valence electrons. The van der Waals surface area contributed by atoms with Crippen molar-refractivity contribution in [2.24, 2.45) is 0 Å². The molecule has 0 aromatic heterocycles. The minimum Gasteiger partial charge on any atom is -0.396 e. The normalized spacial score (nSPS) is 25.7. The van der Waals surface area contributed by atoms with Crippen LogP contribution >= 0.6 is 0 Å². The fraction of sp³-hybridized carbons (Fsp3) is 0.500. The van der Waals surface area contributed by atoms with Gasteiger partial charge in [0.2, 0.25) is 0 Å². The number of aliphatic hydroxyl groups excluding tert-OH is 1. The molecule has 1 saturated heterocycles. The van der Waals surface area contributed by atoms with E-state index >= 15 is 0 Å². The van der Waals surface area contributed by atoms with Gasteiger partial charge in [0.05, 0.1) is 0 Å². The average molecular weight is 206 g/mol. The highest BCUT2D eigenvalue weighted by molar-refractivity contribution is 5.19. The Morgan fingerprint density at radius 2 is 2.00 bits per heavy atom. The summed E-state index contributed by atoms with van der Waals surface area (Å²) < 4.78 is 0. The Morgan fingerprint density at radius 1 is 1.20 bits per heavy atom. The molecular weight excluding hydrogens is 188 g/mol. The van der Waals surface area contributed by atoms with Crippen LogP contribution in [0.2, 0.25) is 0 Å². The first-order valence-electron chi connectivity index (χ1n) is 5.57. The van der Waals surface area contributed by atoms with E-state index in [0.29, 0.717) is 12.1 Å². The minimum atomic E-state index is 0.286. The topological polar surface area (TPSA) is 44.3 Å². The molecule has 0 spiro atoms. The fourth-order valence-corrected chi connectivity index (χ4v) is 2.05. The number of hydrogen-bond donors (Lipinski definition) is 3. The molecule has 1 aliphatic rings. The maximum absolute atomic E-state index is 8.76. The second-order valence-corrected chi connectivity index (χ2v) is 4.05. The first-order chi connectivity index (χ1) is 7.40. The molecule has 3 N–H and O–H groups in total. The molecular formula is C12H18N2O. The zero-order valence-corrected chi connectivity index (χ0v) is 8.82. The van der Waals surface area contributed by atoms with Crippen LogP contribution in [0.5, 0.6) is 0 Å². The van der Waals surface area contributed by atoms with Crippen LogP contribution < -0.4 is 10.9 Å². The molecule has 3 heteroatoms. The maximum Gasteiger partial charge on any atom is 0.0477 e. The van der Waals surface area contributed by atoms with Crippen LogP contribution in [0, 0.1) is 0 Å². The van der Waals surface area contributed by atoms with Gasteiger partial charge in [0, 0.05) is 18.7 Å². The van der Waals surface area contributed by atoms with Crippen LogP contribution in [-0.2, 0) is 0 Å². The monoisotopic (exact) mass is 206 g/mol. The van der Waals surface area contributed by atoms with Gasteiger partial charge in [-0.25, -0.2) is 0 Å². The summed E-state index contributed by atoms with van der Waals surface area (Å²) in [6.45, 7) is 0.286. The Bertz CT molecular complexity index is 289. The Hall–Kier alpha value is -0.900. The van der Waals surface area contributed by atoms with Crippen LogP contribution in [0.25, 0.3) is 0 Å². The van der Waals surface area contributed by atoms with Crippen molar-refractivity contribution in [2.45, 2.75) is 31.3 Å². The third kappa shape index (κ3) is 2.78. The number of rotatable bonds is 4. The first kappa shape index (κ1) is 10.6. The van der Waals surface area contributed by atoms with Gasteiger partial charge in [-0.1, -0.05) is 30.3 Å². The van der Waals surface area contributed by atoms with Gasteiger partial charge in [-0.2, -0.15) is 0 Å². The smallest absolute Gasteiger partial charge is 0.0477 e. The standard InChI is InChI=1S/C12H18N2O/c15-8-4-7-11-9-12(14-13-11)10-5-2-1-3-6-10/h1-3,5-6,11-15H,4,7-9H2. The van der Waals surface area contributed by atoms with Crippen molar-refractivity contribution >= 4 is 0 Å². The summed E-state index contributed by atoms with van der Waals surface area (Å²) in [6.07, 6.45) is 3.01. The number of hydrazine groups is 1. The quantitative estimate of drug-likeness (QED) is 0.697. The Labute approximate surface area is 90.5 Å². The summed E-state index contributed by atoms with van der Waals surface area (Å²) in [5.74, 6) is 0. The van der Waals surface area contributed by atoms with E-state index in [2.05, 4.69) is 35.1 Å². The summed E-state index contributed by atoms with van der Waals surface area (Å²) in [5, 5.41) is 8.76. The molecule has 2 atom stereocenters. The molecule has 2 rings (SSSR count). The molecule has 1 aromatic rings. The van der Waals surface area contributed by atoms with Crippen molar-refractivity contribution in [1.29, 1.82) is 0 Å². The Morgan fingerprint density at radius 3 is 2.73 bits per heavy atom. The van der Waals surface area contributed by atoms with Crippen molar-refractivity contribution in [3.63, 3.8) is 0 Å². The van der Waals surface area contributed by atoms with E-state index in [4.69, 9.17) is 5.11 Å². The van der Waals surface area contributed by atoms with Gasteiger partial charge in [0.15, 0.2) is 0 Å². The van der Waals surface area contributed by atoms with Crippen molar-refractivity contribution < 1.29 is 5.11 Å². The highest BCUT2D eigenvalue weighted by Crippen LogP contribution is 2.23. The van der Waals surface area contributed by atoms with Gasteiger partial charge < -0.3 is 5.11 Å². The third-order valence-corrected chi connectivity index (χ3v) is 2.89. The lowest BCUT2D eigenvalue weighted by Gasteiger charge is -2.08. The van der Waals surface area contributed by atoms with E-state index in [1.54, 1.807) is 0 Å². The van der Waals surface area contributed by atoms with Crippen LogP contribution in [0.1, 0.15) is 30.9 Å². The molecule has 0 aliphatic carbocycles. The maximum atomic E-state index is 8.76. The van der Waals surface area contributed by atoms with E-state index in [1.807, 2.05) is 6.07 Å². The highest BCUT2D eigenvalue weighted by Gasteiger charge is 2.23. The van der Waals surface area contributed by atoms with Crippen LogP contribution in [0.3, 0.4) is 0 Å². The number of benzene rings is 1. The predicted molar refractivity (Wildman–Crippen MR) is 60.2 cm³/mol. The zero-order chi connectivity index (χ0) is 10.5. The summed E-state index contributed by atoms with van der Waals surface area (Å²) in [4.78, 5) is 0. The van der Waals surface area contributed by atoms with Crippen molar-refractivity contribution in [2.75, 3.05) is 6.61 Å². The van der Waals surface area contributed by atoms with Gasteiger partial charge in [0.1, 0.15) is 0 Å². The molecule has 0 bridgehead atoms. The molecule has 0 radical (unpaired) electrons. The predicted octanol–water partition coefficient (Wildman–Crippen LogP) is 1.37. The Balaban J connectivity index is 1.87. The number of aliphatic hydroxyl groups is 1. The average Bonchev–Trinajstić information content (AvgIpc) is 2.76. The van der Waals surface area contributed by atoms with Gasteiger partial charge in [-0.05, 0) is 24.8 Å². The van der Waals surface area contributed by atoms with E-state index in [9.17, 15) is 0 Å². The highest BCUT2D eigenvalue weighted by atomic mass is 16.2. The van der Waals surface area contributed by atoms with Gasteiger partial charge in [-0.3, -0.25) is 10.9 Å². The van der Waals surface area contributed by atoms with Crippen molar-refractivity contribution in [3.05, 3.63) is 35.9 Å². The fourth-order valence-electron chi connectivity index (χ4n) is 2.05. The third-order valence-electron chi connectivity index (χ3n) is 2.89. The lowest BCUT2D eigenvalue weighted by Crippen LogP contribution is -2.30. The minimum absolute atomic E-state index is 0.286. The molecule has 3 nitrogen and oxygen atoms in total. The molecule has 1 heterocycles. The van der Waals surface area contributed by atoms with Crippen molar-refractivity contribution in [3.8, 4) is 0 Å². The summed E-state index contributed by atoms with van der Waals surface area (Å²) in [5.41, 5.74) is 7.91. The SMILES string of the molecule is OCCCC1CC(c2ccccc2)NN1. The van der Waals surface area contributed by atoms with E-state index in [0.717, 1.165) is 19.3 Å². The Kier molecular flexibility index (Phi) is 3.72. The molecule has 1 aliphatic heterocycles. The van der Waals surface area contributed by atoms with E-state index < -0.39 is 0 Å². The van der Waals surface area contributed by atoms with Gasteiger partial charge in [-0.15, -0.1) is 0 Å². The number of hydrogen-bond acceptors (Lipinski definition) is 3. The molecule has 1 aromatic carbocycles. The largest absolute Gasteiger partial charge is 0.396 e. The molecule has 0 amide bonds. The second-order valence-electron chi connectivity index (χ2n) is 4.05. The van der Waals surface area contributed by atoms with Gasteiger partial charge in [0.25, 0.3) is 0 Å². The lowest BCUT2D eigenvalue weighted by molar-refractivity contribution is 0.276. The van der Waals surface area contributed by atoms with Crippen LogP contribution in [0.4, 0.5) is 0 Å². The molecule has 15 heavy (non-hydrogen) atoms. The summed E-state index contributed by atoms with van der Waals surface area (Å²) in [6, 6.07) is 11.4. The molecule has 0 saturated carbocycles. The lowest BCUT2D eigenvalue weighted by atomic mass is 10.00. The summed E-state index contributed by atoms with van der Waals surface area (Å²) in [7, 11) is 0. The second kappa shape index (κ2) is 5.26. The van der Waals surface area contributed by atoms with Crippen LogP contribution in [-0.4, -0.2) is 17.8 Å². The van der Waals surface area contributed by atoms with E-state index in [-0.39, 0.29) is 6.61 Å². The van der Waals surface area contributed by atoms with Gasteiger partial charge >= 0.3 is 0 Å². The van der Waals surface area contributed by atoms with Crippen molar-refractivity contribution in [1.82, 2.24) is 10.9 Å². The number of nitrogens with one attached hydrogen (secondary N) is 2. The molecule has 2 unspecified atom stereocenters. The summed E-state index contributed by atoms with van der Waals surface area (Å²) >= 11 is 0. The molecule has 1 fully saturated rings. The van der Waals surface area contributed by atoms with E-state index in [1.165, 1.54) is 5.56 Å². The zero-order valence-electron chi connectivity index (χ0n) is 8.82. The van der Waals surface area contributed by atoms with Crippen LogP contribution in [0.15, 0.2) is 30.3 Å².